The van der Waals surface area contributed by atoms with Gasteiger partial charge in [0.2, 0.25) is 0 Å². The number of hydrogen-bond donors (Lipinski definition) is 0. The Kier molecular flexibility index (Phi) is 7.78. The van der Waals surface area contributed by atoms with Gasteiger partial charge in [0, 0.05) is 28.4 Å². The van der Waals surface area contributed by atoms with Crippen LogP contribution in [0.25, 0.3) is 11.1 Å². The fourth-order valence-corrected chi connectivity index (χ4v) is 13.0. The molecule has 1 aliphatic heterocycles. The van der Waals surface area contributed by atoms with Gasteiger partial charge in [-0.25, -0.2) is 0 Å². The van der Waals surface area contributed by atoms with Crippen molar-refractivity contribution >= 4 is 62.9 Å². The first-order chi connectivity index (χ1) is 25.3. The highest BCUT2D eigenvalue weighted by Crippen LogP contribution is 2.40. The molecule has 9 rings (SSSR count). The summed E-state index contributed by atoms with van der Waals surface area (Å²) in [6.07, 6.45) is 0. The third kappa shape index (κ3) is 5.22. The molecule has 1 aliphatic rings. The highest BCUT2D eigenvalue weighted by molar-refractivity contribution is 7.22. The minimum absolute atomic E-state index is 0.953. The second-order valence-electron chi connectivity index (χ2n) is 12.8. The molecule has 0 unspecified atom stereocenters. The van der Waals surface area contributed by atoms with Crippen LogP contribution in [0.3, 0.4) is 0 Å². The second kappa shape index (κ2) is 13.0. The summed E-state index contributed by atoms with van der Waals surface area (Å²) in [5.41, 5.74) is 9.12. The Hall–Kier alpha value is -6.60. The van der Waals surface area contributed by atoms with Gasteiger partial charge in [0.15, 0.2) is 8.07 Å². The zero-order chi connectivity index (χ0) is 34.0. The molecule has 1 heterocycles. The fraction of sp³-hybridized carbons (Fsp3) is 0. The average molecular weight is 667 g/mol. The molecule has 240 valence electrons. The molecule has 0 bridgehead atoms. The largest absolute Gasteiger partial charge is 0.311 e. The molecule has 0 spiro atoms. The van der Waals surface area contributed by atoms with Crippen LogP contribution in [0, 0.1) is 12.1 Å². The van der Waals surface area contributed by atoms with E-state index in [4.69, 9.17) is 0 Å². The summed E-state index contributed by atoms with van der Waals surface area (Å²) < 4.78 is 0. The Balaban J connectivity index is 1.33. The van der Waals surface area contributed by atoms with Crippen molar-refractivity contribution in [2.24, 2.45) is 0 Å². The van der Waals surface area contributed by atoms with Gasteiger partial charge in [-0.05, 0) is 111 Å². The van der Waals surface area contributed by atoms with E-state index in [9.17, 15) is 0 Å². The van der Waals surface area contributed by atoms with Gasteiger partial charge in [0.25, 0.3) is 0 Å². The molecule has 0 amide bonds. The summed E-state index contributed by atoms with van der Waals surface area (Å²) in [6, 6.07) is 81.2. The number of para-hydroxylation sites is 3. The third-order valence-electron chi connectivity index (χ3n) is 9.95. The number of hydrogen-bond acceptors (Lipinski definition) is 2. The molecule has 51 heavy (non-hydrogen) atoms. The maximum atomic E-state index is 3.39. The van der Waals surface area contributed by atoms with Crippen LogP contribution in [-0.2, 0) is 0 Å². The summed E-state index contributed by atoms with van der Waals surface area (Å²) in [6.45, 7) is 0. The van der Waals surface area contributed by atoms with Gasteiger partial charge in [-0.2, -0.15) is 0 Å². The molecule has 8 aromatic rings. The van der Waals surface area contributed by atoms with Crippen molar-refractivity contribution in [3.63, 3.8) is 0 Å². The van der Waals surface area contributed by atoms with Crippen LogP contribution < -0.4 is 30.5 Å². The van der Waals surface area contributed by atoms with Gasteiger partial charge >= 0.3 is 0 Å². The number of nitrogens with zero attached hydrogens (tertiary/aromatic N) is 2. The van der Waals surface area contributed by atoms with Crippen molar-refractivity contribution in [3.05, 3.63) is 218 Å². The fourth-order valence-electron chi connectivity index (χ4n) is 7.82. The van der Waals surface area contributed by atoms with E-state index in [0.717, 1.165) is 34.1 Å². The van der Waals surface area contributed by atoms with Crippen molar-refractivity contribution in [1.82, 2.24) is 0 Å². The van der Waals surface area contributed by atoms with E-state index >= 15 is 0 Å². The summed E-state index contributed by atoms with van der Waals surface area (Å²) in [5.74, 6) is 0. The van der Waals surface area contributed by atoms with E-state index < -0.39 is 8.07 Å². The third-order valence-corrected chi connectivity index (χ3v) is 14.8. The van der Waals surface area contributed by atoms with Crippen molar-refractivity contribution in [1.29, 1.82) is 0 Å². The smallest absolute Gasteiger partial charge is 0.181 e. The van der Waals surface area contributed by atoms with E-state index in [1.807, 2.05) is 12.1 Å². The summed E-state index contributed by atoms with van der Waals surface area (Å²) in [4.78, 5) is 4.68. The predicted molar refractivity (Wildman–Crippen MR) is 216 cm³/mol. The van der Waals surface area contributed by atoms with Crippen molar-refractivity contribution in [2.75, 3.05) is 9.80 Å². The number of fused-ring (bicyclic) bond motifs is 3. The van der Waals surface area contributed by atoms with Gasteiger partial charge in [0.1, 0.15) is 0 Å². The van der Waals surface area contributed by atoms with Gasteiger partial charge in [0.05, 0.1) is 5.69 Å². The molecular formula is C48H34N2Si. The Labute approximate surface area is 301 Å². The predicted octanol–water partition coefficient (Wildman–Crippen LogP) is 9.58. The maximum Gasteiger partial charge on any atom is 0.181 e. The zero-order valence-corrected chi connectivity index (χ0v) is 29.0. The molecule has 0 atom stereocenters. The molecular weight excluding hydrogens is 633 g/mol. The minimum atomic E-state index is -2.86. The van der Waals surface area contributed by atoms with Crippen LogP contribution >= 0.6 is 0 Å². The maximum absolute atomic E-state index is 3.39. The zero-order valence-electron chi connectivity index (χ0n) is 28.0. The molecule has 8 aromatic carbocycles. The van der Waals surface area contributed by atoms with E-state index in [-0.39, 0.29) is 0 Å². The Morgan fingerprint density at radius 1 is 0.353 bits per heavy atom. The van der Waals surface area contributed by atoms with Crippen molar-refractivity contribution < 1.29 is 0 Å². The molecule has 0 aliphatic carbocycles. The lowest BCUT2D eigenvalue weighted by atomic mass is 10.0. The Morgan fingerprint density at radius 2 is 0.765 bits per heavy atom. The first-order valence-corrected chi connectivity index (χ1v) is 19.4. The summed E-state index contributed by atoms with van der Waals surface area (Å²) >= 11 is 0. The van der Waals surface area contributed by atoms with Crippen LogP contribution in [0.1, 0.15) is 0 Å². The van der Waals surface area contributed by atoms with Crippen molar-refractivity contribution in [2.45, 2.75) is 0 Å². The standard InChI is InChI=1S/C48H34N2Si/c1-7-19-37(20-8-1)49(38-21-9-2-10-22-38)41-31-33-45-46-34-32-42(50(39-23-11-3-12-24-39)40-25-13-4-14-26-40)36-48(46)51(47(45)35-41,43-27-15-5-16-28-43)44-29-17-6-18-30-44/h1-13,15-25,27-36H. The molecule has 3 heteroatoms. The molecule has 0 aromatic heterocycles. The quantitative estimate of drug-likeness (QED) is 0.149. The van der Waals surface area contributed by atoms with E-state index in [1.165, 1.54) is 31.9 Å². The van der Waals surface area contributed by atoms with Gasteiger partial charge in [-0.3, -0.25) is 0 Å². The van der Waals surface area contributed by atoms with Gasteiger partial charge in [-0.15, -0.1) is 0 Å². The van der Waals surface area contributed by atoms with Crippen LogP contribution in [-0.4, -0.2) is 8.07 Å². The topological polar surface area (TPSA) is 6.48 Å². The molecule has 2 nitrogen and oxygen atoms in total. The highest BCUT2D eigenvalue weighted by atomic mass is 28.3. The highest BCUT2D eigenvalue weighted by Gasteiger charge is 2.49. The van der Waals surface area contributed by atoms with E-state index in [0.29, 0.717) is 0 Å². The molecule has 0 saturated heterocycles. The molecule has 0 radical (unpaired) electrons. The molecule has 0 saturated carbocycles. The number of anilines is 6. The average Bonchev–Trinajstić information content (AvgIpc) is 3.50. The van der Waals surface area contributed by atoms with Crippen LogP contribution in [0.15, 0.2) is 206 Å². The Bertz CT molecular complexity index is 2150. The van der Waals surface area contributed by atoms with E-state index in [2.05, 4.69) is 216 Å². The molecule has 0 N–H and O–H groups in total. The number of rotatable bonds is 8. The lowest BCUT2D eigenvalue weighted by molar-refractivity contribution is 1.29. The minimum Gasteiger partial charge on any atom is -0.311 e. The number of benzene rings is 7. The SMILES string of the molecule is c1cccc(N(c2ccccc2)c2ccc3c(c2)[Si](c2ccccc2)(c2ccccc2)c2cc(N(c4ccccc4)c4ccccc4)ccc2-3)c#1. The summed E-state index contributed by atoms with van der Waals surface area (Å²) in [7, 11) is -2.86. The normalized spacial score (nSPS) is 12.3. The monoisotopic (exact) mass is 666 g/mol. The first-order valence-electron chi connectivity index (χ1n) is 17.4. The van der Waals surface area contributed by atoms with Crippen molar-refractivity contribution in [3.8, 4) is 11.1 Å². The lowest BCUT2D eigenvalue weighted by Gasteiger charge is -2.33. The lowest BCUT2D eigenvalue weighted by Crippen LogP contribution is -2.72. The second-order valence-corrected chi connectivity index (χ2v) is 16.5. The van der Waals surface area contributed by atoms with Crippen LogP contribution in [0.4, 0.5) is 34.1 Å². The summed E-state index contributed by atoms with van der Waals surface area (Å²) in [5, 5.41) is 5.51. The van der Waals surface area contributed by atoms with Crippen LogP contribution in [0.2, 0.25) is 0 Å². The van der Waals surface area contributed by atoms with Gasteiger partial charge in [-0.1, -0.05) is 140 Å². The van der Waals surface area contributed by atoms with Gasteiger partial charge < -0.3 is 9.80 Å². The molecule has 0 fully saturated rings. The van der Waals surface area contributed by atoms with E-state index in [1.54, 1.807) is 0 Å². The Morgan fingerprint density at radius 3 is 1.20 bits per heavy atom. The first kappa shape index (κ1) is 30.5. The van der Waals surface area contributed by atoms with Crippen LogP contribution in [0.5, 0.6) is 0 Å².